The molecule has 2 aliphatic rings. The van der Waals surface area contributed by atoms with E-state index in [1.54, 1.807) is 12.4 Å². The molecule has 1 aliphatic heterocycles. The van der Waals surface area contributed by atoms with E-state index in [2.05, 4.69) is 30.7 Å². The van der Waals surface area contributed by atoms with Crippen molar-refractivity contribution in [3.05, 3.63) is 29.8 Å². The molecule has 3 heterocycles. The Labute approximate surface area is 151 Å². The van der Waals surface area contributed by atoms with E-state index in [4.69, 9.17) is 4.74 Å². The lowest BCUT2D eigenvalue weighted by Gasteiger charge is -2.18. The van der Waals surface area contributed by atoms with Crippen molar-refractivity contribution in [2.45, 2.75) is 51.4 Å². The number of tetrazole rings is 1. The second-order valence-electron chi connectivity index (χ2n) is 6.93. The number of ether oxygens (including phenoxy) is 1. The van der Waals surface area contributed by atoms with Crippen LogP contribution in [-0.4, -0.2) is 55.2 Å². The van der Waals surface area contributed by atoms with Crippen LogP contribution in [0.2, 0.25) is 0 Å². The summed E-state index contributed by atoms with van der Waals surface area (Å²) in [5.41, 5.74) is 0.936. The van der Waals surface area contributed by atoms with Crippen molar-refractivity contribution in [2.24, 2.45) is 0 Å². The average Bonchev–Trinajstić information content (AvgIpc) is 3.21. The molecule has 1 N–H and O–H groups in total. The summed E-state index contributed by atoms with van der Waals surface area (Å²) in [5.74, 6) is 1.60. The minimum Gasteiger partial charge on any atom is -0.487 e. The Morgan fingerprint density at radius 3 is 3.08 bits per heavy atom. The number of rotatable bonds is 7. The molecule has 26 heavy (non-hydrogen) atoms. The van der Waals surface area contributed by atoms with Crippen LogP contribution in [0.1, 0.15) is 43.6 Å². The molecular formula is C17H23N7O2. The molecule has 9 nitrogen and oxygen atoms in total. The van der Waals surface area contributed by atoms with Crippen molar-refractivity contribution in [1.29, 1.82) is 0 Å². The van der Waals surface area contributed by atoms with E-state index < -0.39 is 0 Å². The van der Waals surface area contributed by atoms with Gasteiger partial charge in [-0.2, -0.15) is 0 Å². The first kappa shape index (κ1) is 16.9. The van der Waals surface area contributed by atoms with Crippen molar-refractivity contribution < 1.29 is 9.53 Å². The second kappa shape index (κ2) is 7.36. The largest absolute Gasteiger partial charge is 0.487 e. The number of likely N-dealkylation sites (tertiary alicyclic amines) is 1. The maximum Gasteiger partial charge on any atom is 0.217 e. The second-order valence-corrected chi connectivity index (χ2v) is 6.93. The summed E-state index contributed by atoms with van der Waals surface area (Å²) < 4.78 is 8.12. The molecule has 0 bridgehead atoms. The Bertz CT molecular complexity index is 774. The molecule has 1 saturated carbocycles. The Kier molecular flexibility index (Phi) is 4.79. The van der Waals surface area contributed by atoms with Crippen LogP contribution in [0.15, 0.2) is 18.5 Å². The zero-order valence-electron chi connectivity index (χ0n) is 14.8. The van der Waals surface area contributed by atoms with Crippen LogP contribution in [-0.2, 0) is 17.9 Å². The fourth-order valence-corrected chi connectivity index (χ4v) is 3.22. The molecule has 2 aromatic heterocycles. The van der Waals surface area contributed by atoms with Crippen molar-refractivity contribution in [3.8, 4) is 5.75 Å². The van der Waals surface area contributed by atoms with Gasteiger partial charge in [-0.05, 0) is 35.8 Å². The highest BCUT2D eigenvalue weighted by molar-refractivity contribution is 5.72. The molecule has 138 valence electrons. The first-order chi connectivity index (χ1) is 12.7. The van der Waals surface area contributed by atoms with Gasteiger partial charge in [0, 0.05) is 38.3 Å². The van der Waals surface area contributed by atoms with Gasteiger partial charge in [0.1, 0.15) is 11.9 Å². The van der Waals surface area contributed by atoms with E-state index >= 15 is 0 Å². The number of pyridine rings is 1. The van der Waals surface area contributed by atoms with Crippen LogP contribution >= 0.6 is 0 Å². The number of nitrogens with zero attached hydrogens (tertiary/aromatic N) is 6. The van der Waals surface area contributed by atoms with Crippen LogP contribution in [0.4, 0.5) is 0 Å². The molecular weight excluding hydrogens is 334 g/mol. The van der Waals surface area contributed by atoms with E-state index in [9.17, 15) is 4.79 Å². The molecule has 9 heteroatoms. The third-order valence-corrected chi connectivity index (χ3v) is 4.74. The SMILES string of the molecule is CC(=O)NCc1ccncc1O[C@H]1CCN(Cc2nnnn2C2CC2)C1. The van der Waals surface area contributed by atoms with Gasteiger partial charge in [-0.3, -0.25) is 14.7 Å². The standard InChI is InChI=1S/C17H23N7O2/c1-12(25)19-8-13-4-6-18-9-16(13)26-15-5-7-23(10-15)11-17-20-21-22-24(17)14-2-3-14/h4,6,9,14-15H,2-3,5,7-8,10-11H2,1H3,(H,19,25)/t15-/m0/s1. The molecule has 0 unspecified atom stereocenters. The summed E-state index contributed by atoms with van der Waals surface area (Å²) in [6.07, 6.45) is 6.81. The molecule has 0 radical (unpaired) electrons. The highest BCUT2D eigenvalue weighted by Gasteiger charge is 2.30. The summed E-state index contributed by atoms with van der Waals surface area (Å²) >= 11 is 0. The van der Waals surface area contributed by atoms with Gasteiger partial charge in [0.05, 0.1) is 18.8 Å². The average molecular weight is 357 g/mol. The number of carbonyl (C=O) groups excluding carboxylic acids is 1. The Morgan fingerprint density at radius 2 is 2.27 bits per heavy atom. The quantitative estimate of drug-likeness (QED) is 0.778. The Hall–Kier alpha value is -2.55. The number of aromatic nitrogens is 5. The Morgan fingerprint density at radius 1 is 1.38 bits per heavy atom. The van der Waals surface area contributed by atoms with Crippen molar-refractivity contribution in [3.63, 3.8) is 0 Å². The summed E-state index contributed by atoms with van der Waals surface area (Å²) in [6.45, 7) is 4.47. The first-order valence-electron chi connectivity index (χ1n) is 9.02. The van der Waals surface area contributed by atoms with Crippen LogP contribution in [0.5, 0.6) is 5.75 Å². The molecule has 0 aromatic carbocycles. The van der Waals surface area contributed by atoms with Crippen LogP contribution in [0, 0.1) is 0 Å². The monoisotopic (exact) mass is 357 g/mol. The van der Waals surface area contributed by atoms with Crippen LogP contribution < -0.4 is 10.1 Å². The third-order valence-electron chi connectivity index (χ3n) is 4.74. The molecule has 2 aromatic rings. The fourth-order valence-electron chi connectivity index (χ4n) is 3.22. The molecule has 2 fully saturated rings. The number of hydrogen-bond acceptors (Lipinski definition) is 7. The lowest BCUT2D eigenvalue weighted by atomic mass is 10.2. The van der Waals surface area contributed by atoms with Crippen molar-refractivity contribution in [1.82, 2.24) is 35.4 Å². The van der Waals surface area contributed by atoms with E-state index in [1.807, 2.05) is 10.7 Å². The van der Waals surface area contributed by atoms with Gasteiger partial charge in [-0.1, -0.05) is 0 Å². The summed E-state index contributed by atoms with van der Waals surface area (Å²) in [5, 5.41) is 14.9. The predicted octanol–water partition coefficient (Wildman–Crippen LogP) is 0.692. The normalized spacial score (nSPS) is 20.3. The zero-order valence-corrected chi connectivity index (χ0v) is 14.8. The van der Waals surface area contributed by atoms with E-state index in [-0.39, 0.29) is 12.0 Å². The van der Waals surface area contributed by atoms with E-state index in [0.29, 0.717) is 12.6 Å². The van der Waals surface area contributed by atoms with Gasteiger partial charge in [0.2, 0.25) is 5.91 Å². The van der Waals surface area contributed by atoms with Gasteiger partial charge < -0.3 is 10.1 Å². The van der Waals surface area contributed by atoms with Gasteiger partial charge in [0.25, 0.3) is 0 Å². The van der Waals surface area contributed by atoms with E-state index in [1.165, 1.54) is 19.8 Å². The van der Waals surface area contributed by atoms with Gasteiger partial charge in [0.15, 0.2) is 5.82 Å². The molecule has 1 saturated heterocycles. The maximum absolute atomic E-state index is 11.2. The molecule has 0 spiro atoms. The Balaban J connectivity index is 1.34. The van der Waals surface area contributed by atoms with Gasteiger partial charge in [-0.15, -0.1) is 5.10 Å². The van der Waals surface area contributed by atoms with Crippen molar-refractivity contribution in [2.75, 3.05) is 13.1 Å². The fraction of sp³-hybridized carbons (Fsp3) is 0.588. The lowest BCUT2D eigenvalue weighted by molar-refractivity contribution is -0.119. The van der Waals surface area contributed by atoms with Crippen LogP contribution in [0.25, 0.3) is 0 Å². The number of hydrogen-bond donors (Lipinski definition) is 1. The summed E-state index contributed by atoms with van der Waals surface area (Å²) in [4.78, 5) is 17.6. The first-order valence-corrected chi connectivity index (χ1v) is 9.02. The minimum atomic E-state index is -0.0619. The maximum atomic E-state index is 11.2. The van der Waals surface area contributed by atoms with Gasteiger partial charge >= 0.3 is 0 Å². The van der Waals surface area contributed by atoms with Crippen molar-refractivity contribution >= 4 is 5.91 Å². The van der Waals surface area contributed by atoms with E-state index in [0.717, 1.165) is 43.2 Å². The minimum absolute atomic E-state index is 0.0619. The highest BCUT2D eigenvalue weighted by Crippen LogP contribution is 2.34. The molecule has 1 atom stereocenters. The van der Waals surface area contributed by atoms with Gasteiger partial charge in [-0.25, -0.2) is 4.68 Å². The number of nitrogens with one attached hydrogen (secondary N) is 1. The molecule has 1 amide bonds. The molecule has 1 aliphatic carbocycles. The third kappa shape index (κ3) is 3.98. The summed E-state index contributed by atoms with van der Waals surface area (Å²) in [6, 6.07) is 2.36. The highest BCUT2D eigenvalue weighted by atomic mass is 16.5. The zero-order chi connectivity index (χ0) is 17.9. The smallest absolute Gasteiger partial charge is 0.217 e. The molecule has 4 rings (SSSR count). The topological polar surface area (TPSA) is 98.1 Å². The number of carbonyl (C=O) groups is 1. The predicted molar refractivity (Wildman–Crippen MR) is 92.2 cm³/mol. The lowest BCUT2D eigenvalue weighted by Crippen LogP contribution is -2.26. The summed E-state index contributed by atoms with van der Waals surface area (Å²) in [7, 11) is 0. The van der Waals surface area contributed by atoms with Crippen LogP contribution in [0.3, 0.4) is 0 Å². The number of amides is 1.